The average Bonchev–Trinajstić information content (AvgIpc) is 2.53. The molecule has 0 aliphatic rings. The van der Waals surface area contributed by atoms with Crippen LogP contribution < -0.4 is 4.31 Å². The molecule has 0 unspecified atom stereocenters. The van der Waals surface area contributed by atoms with Gasteiger partial charge in [0.25, 0.3) is 15.7 Å². The third-order valence-electron chi connectivity index (χ3n) is 3.59. The summed E-state index contributed by atoms with van der Waals surface area (Å²) in [5.41, 5.74) is 0.899. The van der Waals surface area contributed by atoms with Crippen molar-refractivity contribution in [3.05, 3.63) is 63.7 Å². The van der Waals surface area contributed by atoms with Gasteiger partial charge in [-0.05, 0) is 42.6 Å². The van der Waals surface area contributed by atoms with Crippen LogP contribution >= 0.6 is 11.6 Å². The van der Waals surface area contributed by atoms with E-state index >= 15 is 0 Å². The fourth-order valence-corrected chi connectivity index (χ4v) is 4.44. The summed E-state index contributed by atoms with van der Waals surface area (Å²) in [5.74, 6) is 0. The normalized spacial score (nSPS) is 11.2. The predicted molar refractivity (Wildman–Crippen MR) is 94.4 cm³/mol. The molecule has 0 atom stereocenters. The molecule has 0 N–H and O–H groups in total. The quantitative estimate of drug-likeness (QED) is 0.434. The Bertz CT molecular complexity index is 923. The molecule has 2 rings (SSSR count). The van der Waals surface area contributed by atoms with Crippen LogP contribution in [-0.4, -0.2) is 25.1 Å². The lowest BCUT2D eigenvalue weighted by atomic mass is 10.1. The van der Waals surface area contributed by atoms with E-state index in [9.17, 15) is 23.3 Å². The number of nitrogens with zero attached hydrogens (tertiary/aromatic N) is 2. The first-order chi connectivity index (χ1) is 11.7. The van der Waals surface area contributed by atoms with Gasteiger partial charge in [-0.1, -0.05) is 30.3 Å². The van der Waals surface area contributed by atoms with Crippen LogP contribution in [0.3, 0.4) is 0 Å². The minimum Gasteiger partial charge on any atom is -0.279 e. The molecular formula is C16H15ClN2O5S. The summed E-state index contributed by atoms with van der Waals surface area (Å²) in [7, 11) is -4.38. The lowest BCUT2D eigenvalue weighted by Crippen LogP contribution is -2.36. The van der Waals surface area contributed by atoms with Crippen LogP contribution in [0.4, 0.5) is 11.4 Å². The van der Waals surface area contributed by atoms with Crippen LogP contribution in [0.25, 0.3) is 0 Å². The summed E-state index contributed by atoms with van der Waals surface area (Å²) in [6, 6.07) is 10.1. The Labute approximate surface area is 150 Å². The zero-order valence-electron chi connectivity index (χ0n) is 13.5. The molecule has 7 nitrogen and oxygen atoms in total. The molecule has 9 heteroatoms. The SMILES string of the molecule is Cc1cccc(C)c1N(CC(=O)Cl)S(=O)(=O)c1ccccc1[N+](=O)[O-]. The van der Waals surface area contributed by atoms with Gasteiger partial charge in [0.15, 0.2) is 4.90 Å². The van der Waals surface area contributed by atoms with Crippen LogP contribution in [0.1, 0.15) is 11.1 Å². The summed E-state index contributed by atoms with van der Waals surface area (Å²) in [6.07, 6.45) is 0. The third kappa shape index (κ3) is 3.80. The number of para-hydroxylation sites is 2. The molecular weight excluding hydrogens is 368 g/mol. The summed E-state index contributed by atoms with van der Waals surface area (Å²) in [4.78, 5) is 21.4. The van der Waals surface area contributed by atoms with Crippen LogP contribution in [0.15, 0.2) is 47.4 Å². The van der Waals surface area contributed by atoms with Gasteiger partial charge in [-0.3, -0.25) is 19.2 Å². The molecule has 0 amide bonds. The number of aryl methyl sites for hydroxylation is 2. The van der Waals surface area contributed by atoms with Crippen molar-refractivity contribution in [2.75, 3.05) is 10.8 Å². The van der Waals surface area contributed by atoms with E-state index < -0.39 is 37.3 Å². The van der Waals surface area contributed by atoms with Crippen molar-refractivity contribution in [1.82, 2.24) is 0 Å². The first-order valence-electron chi connectivity index (χ1n) is 7.17. The number of hydrogen-bond acceptors (Lipinski definition) is 5. The number of rotatable bonds is 6. The van der Waals surface area contributed by atoms with Gasteiger partial charge in [-0.15, -0.1) is 0 Å². The number of benzene rings is 2. The fraction of sp³-hybridized carbons (Fsp3) is 0.188. The second-order valence-electron chi connectivity index (χ2n) is 5.33. The predicted octanol–water partition coefficient (Wildman–Crippen LogP) is 3.17. The lowest BCUT2D eigenvalue weighted by molar-refractivity contribution is -0.387. The van der Waals surface area contributed by atoms with Crippen molar-refractivity contribution >= 4 is 38.2 Å². The number of hydrogen-bond donors (Lipinski definition) is 0. The fourth-order valence-electron chi connectivity index (χ4n) is 2.54. The summed E-state index contributed by atoms with van der Waals surface area (Å²) in [6.45, 7) is 2.73. The topological polar surface area (TPSA) is 97.6 Å². The van der Waals surface area contributed by atoms with Crippen molar-refractivity contribution in [3.8, 4) is 0 Å². The molecule has 0 saturated heterocycles. The lowest BCUT2D eigenvalue weighted by Gasteiger charge is -2.26. The van der Waals surface area contributed by atoms with Crippen LogP contribution in [0.2, 0.25) is 0 Å². The Morgan fingerprint density at radius 3 is 2.20 bits per heavy atom. The van der Waals surface area contributed by atoms with Gasteiger partial charge in [0.05, 0.1) is 10.6 Å². The Morgan fingerprint density at radius 2 is 1.68 bits per heavy atom. The second-order valence-corrected chi connectivity index (χ2v) is 7.58. The number of nitro benzene ring substituents is 1. The second kappa shape index (κ2) is 7.20. The van der Waals surface area contributed by atoms with E-state index in [-0.39, 0.29) is 5.69 Å². The highest BCUT2D eigenvalue weighted by atomic mass is 35.5. The Balaban J connectivity index is 2.75. The number of carbonyl (C=O) groups excluding carboxylic acids is 1. The maximum atomic E-state index is 13.1. The van der Waals surface area contributed by atoms with Crippen LogP contribution in [-0.2, 0) is 14.8 Å². The maximum absolute atomic E-state index is 13.1. The summed E-state index contributed by atoms with van der Waals surface area (Å²) < 4.78 is 27.0. The summed E-state index contributed by atoms with van der Waals surface area (Å²) >= 11 is 5.44. The number of nitro groups is 1. The van der Waals surface area contributed by atoms with E-state index in [4.69, 9.17) is 11.6 Å². The van der Waals surface area contributed by atoms with E-state index in [0.29, 0.717) is 11.1 Å². The zero-order chi connectivity index (χ0) is 18.8. The van der Waals surface area contributed by atoms with Crippen LogP contribution in [0, 0.1) is 24.0 Å². The van der Waals surface area contributed by atoms with E-state index in [1.54, 1.807) is 32.0 Å². The standard InChI is InChI=1S/C16H15ClN2O5S/c1-11-6-5-7-12(2)16(11)18(10-15(17)20)25(23,24)14-9-4-3-8-13(14)19(21)22/h3-9H,10H2,1-2H3. The van der Waals surface area contributed by atoms with E-state index in [2.05, 4.69) is 0 Å². The molecule has 0 aliphatic heterocycles. The molecule has 0 aromatic heterocycles. The van der Waals surface area contributed by atoms with Gasteiger partial charge in [0.2, 0.25) is 5.24 Å². The highest BCUT2D eigenvalue weighted by Gasteiger charge is 2.34. The Kier molecular flexibility index (Phi) is 5.44. The molecule has 2 aromatic carbocycles. The third-order valence-corrected chi connectivity index (χ3v) is 5.50. The zero-order valence-corrected chi connectivity index (χ0v) is 15.0. The Morgan fingerprint density at radius 1 is 1.12 bits per heavy atom. The first-order valence-corrected chi connectivity index (χ1v) is 8.98. The summed E-state index contributed by atoms with van der Waals surface area (Å²) in [5, 5.41) is 10.3. The number of sulfonamides is 1. The highest BCUT2D eigenvalue weighted by Crippen LogP contribution is 2.33. The smallest absolute Gasteiger partial charge is 0.279 e. The molecule has 25 heavy (non-hydrogen) atoms. The van der Waals surface area contributed by atoms with Crippen molar-refractivity contribution in [2.45, 2.75) is 18.7 Å². The van der Waals surface area contributed by atoms with E-state index in [1.807, 2.05) is 0 Å². The minimum atomic E-state index is -4.38. The van der Waals surface area contributed by atoms with Crippen LogP contribution in [0.5, 0.6) is 0 Å². The molecule has 0 fully saturated rings. The van der Waals surface area contributed by atoms with Gasteiger partial charge < -0.3 is 0 Å². The molecule has 0 bridgehead atoms. The largest absolute Gasteiger partial charge is 0.289 e. The number of halogens is 1. The van der Waals surface area contributed by atoms with Gasteiger partial charge in [0.1, 0.15) is 6.54 Å². The van der Waals surface area contributed by atoms with Gasteiger partial charge in [0, 0.05) is 6.07 Å². The van der Waals surface area contributed by atoms with Crippen molar-refractivity contribution in [2.24, 2.45) is 0 Å². The molecule has 0 aliphatic carbocycles. The molecule has 0 radical (unpaired) electrons. The monoisotopic (exact) mass is 382 g/mol. The average molecular weight is 383 g/mol. The van der Waals surface area contributed by atoms with E-state index in [0.717, 1.165) is 16.4 Å². The first kappa shape index (κ1) is 18.9. The van der Waals surface area contributed by atoms with Gasteiger partial charge in [-0.25, -0.2) is 8.42 Å². The van der Waals surface area contributed by atoms with Gasteiger partial charge in [-0.2, -0.15) is 0 Å². The maximum Gasteiger partial charge on any atom is 0.289 e. The molecule has 2 aromatic rings. The van der Waals surface area contributed by atoms with Crippen molar-refractivity contribution in [3.63, 3.8) is 0 Å². The molecule has 0 spiro atoms. The Hall–Kier alpha value is -2.45. The van der Waals surface area contributed by atoms with Crippen molar-refractivity contribution < 1.29 is 18.1 Å². The highest BCUT2D eigenvalue weighted by molar-refractivity contribution is 7.93. The van der Waals surface area contributed by atoms with Gasteiger partial charge >= 0.3 is 0 Å². The van der Waals surface area contributed by atoms with Crippen molar-refractivity contribution in [1.29, 1.82) is 0 Å². The van der Waals surface area contributed by atoms with E-state index in [1.165, 1.54) is 12.1 Å². The number of anilines is 1. The molecule has 0 saturated carbocycles. The number of carbonyl (C=O) groups is 1. The molecule has 132 valence electrons. The molecule has 0 heterocycles. The minimum absolute atomic E-state index is 0.273.